The van der Waals surface area contributed by atoms with E-state index < -0.39 is 0 Å². The van der Waals surface area contributed by atoms with Crippen molar-refractivity contribution in [2.75, 3.05) is 31.2 Å². The number of nitrogens with zero attached hydrogens (tertiary/aromatic N) is 4. The second-order valence-corrected chi connectivity index (χ2v) is 8.05. The van der Waals surface area contributed by atoms with Gasteiger partial charge in [0.15, 0.2) is 0 Å². The molecule has 0 bridgehead atoms. The zero-order valence-electron chi connectivity index (χ0n) is 18.1. The summed E-state index contributed by atoms with van der Waals surface area (Å²) >= 11 is 0. The first-order valence-corrected chi connectivity index (χ1v) is 10.8. The summed E-state index contributed by atoms with van der Waals surface area (Å²) < 4.78 is 7.34. The number of amides is 1. The van der Waals surface area contributed by atoms with Crippen molar-refractivity contribution in [2.24, 2.45) is 0 Å². The number of carbonyl (C=O) groups is 1. The van der Waals surface area contributed by atoms with E-state index in [4.69, 9.17) is 4.74 Å². The molecule has 0 atom stereocenters. The maximum Gasteiger partial charge on any atom is 0.255 e. The highest BCUT2D eigenvalue weighted by Crippen LogP contribution is 2.21. The Morgan fingerprint density at radius 3 is 2.65 bits per heavy atom. The average Bonchev–Trinajstić information content (AvgIpc) is 3.23. The minimum atomic E-state index is -0.104. The highest BCUT2D eigenvalue weighted by atomic mass is 16.5. The maximum absolute atomic E-state index is 13.0. The van der Waals surface area contributed by atoms with Gasteiger partial charge in [0.2, 0.25) is 0 Å². The molecule has 1 aliphatic heterocycles. The van der Waals surface area contributed by atoms with Crippen LogP contribution in [0.1, 0.15) is 46.9 Å². The van der Waals surface area contributed by atoms with Crippen LogP contribution in [0.15, 0.2) is 54.9 Å². The molecule has 3 heterocycles. The first-order chi connectivity index (χ1) is 15.1. The van der Waals surface area contributed by atoms with E-state index >= 15 is 0 Å². The molecule has 1 amide bonds. The van der Waals surface area contributed by atoms with Crippen molar-refractivity contribution in [3.8, 4) is 0 Å². The SMILES string of the molecule is CC(C)c1c(C(=O)NCc2ccnc(N3CCOCC3)c2)cnn1Cc1ccccc1. The largest absolute Gasteiger partial charge is 0.378 e. The zero-order chi connectivity index (χ0) is 21.6. The minimum Gasteiger partial charge on any atom is -0.378 e. The van der Waals surface area contributed by atoms with Crippen LogP contribution in [-0.4, -0.2) is 47.0 Å². The number of pyridine rings is 1. The molecule has 7 nitrogen and oxygen atoms in total. The smallest absolute Gasteiger partial charge is 0.255 e. The molecule has 0 radical (unpaired) electrons. The number of nitrogens with one attached hydrogen (secondary N) is 1. The molecule has 31 heavy (non-hydrogen) atoms. The zero-order valence-corrected chi connectivity index (χ0v) is 18.1. The van der Waals surface area contributed by atoms with Crippen LogP contribution in [0.2, 0.25) is 0 Å². The van der Waals surface area contributed by atoms with Crippen LogP contribution in [0.3, 0.4) is 0 Å². The Kier molecular flexibility index (Phi) is 6.62. The Hall–Kier alpha value is -3.19. The van der Waals surface area contributed by atoms with E-state index in [1.807, 2.05) is 35.0 Å². The summed E-state index contributed by atoms with van der Waals surface area (Å²) in [6.45, 7) is 8.37. The van der Waals surface area contributed by atoms with Crippen molar-refractivity contribution in [2.45, 2.75) is 32.9 Å². The van der Waals surface area contributed by atoms with E-state index in [-0.39, 0.29) is 11.8 Å². The monoisotopic (exact) mass is 419 g/mol. The van der Waals surface area contributed by atoms with Gasteiger partial charge in [-0.15, -0.1) is 0 Å². The first-order valence-electron chi connectivity index (χ1n) is 10.8. The number of benzene rings is 1. The number of ether oxygens (including phenoxy) is 1. The molecule has 1 saturated heterocycles. The topological polar surface area (TPSA) is 72.3 Å². The quantitative estimate of drug-likeness (QED) is 0.637. The van der Waals surface area contributed by atoms with Gasteiger partial charge in [-0.1, -0.05) is 44.2 Å². The Bertz CT molecular complexity index is 1010. The molecular weight excluding hydrogens is 390 g/mol. The third kappa shape index (κ3) is 5.11. The summed E-state index contributed by atoms with van der Waals surface area (Å²) in [5.74, 6) is 1.00. The van der Waals surface area contributed by atoms with Crippen molar-refractivity contribution in [1.82, 2.24) is 20.1 Å². The second-order valence-electron chi connectivity index (χ2n) is 8.05. The van der Waals surface area contributed by atoms with Crippen LogP contribution in [0.4, 0.5) is 5.82 Å². The third-order valence-corrected chi connectivity index (χ3v) is 5.44. The van der Waals surface area contributed by atoms with E-state index in [9.17, 15) is 4.79 Å². The summed E-state index contributed by atoms with van der Waals surface area (Å²) in [6.07, 6.45) is 3.48. The maximum atomic E-state index is 13.0. The highest BCUT2D eigenvalue weighted by Gasteiger charge is 2.20. The summed E-state index contributed by atoms with van der Waals surface area (Å²) in [6, 6.07) is 14.1. The molecular formula is C24H29N5O2. The summed E-state index contributed by atoms with van der Waals surface area (Å²) in [7, 11) is 0. The molecule has 7 heteroatoms. The molecule has 1 fully saturated rings. The number of hydrogen-bond donors (Lipinski definition) is 1. The predicted molar refractivity (Wildman–Crippen MR) is 120 cm³/mol. The summed E-state index contributed by atoms with van der Waals surface area (Å²) in [4.78, 5) is 19.7. The highest BCUT2D eigenvalue weighted by molar-refractivity contribution is 5.95. The first kappa shape index (κ1) is 21.1. The van der Waals surface area contributed by atoms with Crippen molar-refractivity contribution in [3.05, 3.63) is 77.2 Å². The fourth-order valence-electron chi connectivity index (χ4n) is 3.87. The van der Waals surface area contributed by atoms with Gasteiger partial charge in [0.1, 0.15) is 5.82 Å². The van der Waals surface area contributed by atoms with Crippen LogP contribution >= 0.6 is 0 Å². The van der Waals surface area contributed by atoms with E-state index in [0.29, 0.717) is 31.9 Å². The lowest BCUT2D eigenvalue weighted by Crippen LogP contribution is -2.36. The Morgan fingerprint density at radius 1 is 1.13 bits per heavy atom. The molecule has 0 unspecified atom stereocenters. The average molecular weight is 420 g/mol. The number of aromatic nitrogens is 3. The minimum absolute atomic E-state index is 0.104. The Labute approximate surface area is 183 Å². The number of carbonyl (C=O) groups excluding carboxylic acids is 1. The fourth-order valence-corrected chi connectivity index (χ4v) is 3.87. The van der Waals surface area contributed by atoms with Gasteiger partial charge in [-0.25, -0.2) is 4.98 Å². The molecule has 3 aromatic rings. The van der Waals surface area contributed by atoms with Gasteiger partial charge < -0.3 is 15.0 Å². The lowest BCUT2D eigenvalue weighted by atomic mass is 10.0. The van der Waals surface area contributed by atoms with Crippen LogP contribution in [0, 0.1) is 0 Å². The molecule has 2 aromatic heterocycles. The van der Waals surface area contributed by atoms with Gasteiger partial charge in [-0.2, -0.15) is 5.10 Å². The van der Waals surface area contributed by atoms with Crippen molar-refractivity contribution in [1.29, 1.82) is 0 Å². The van der Waals surface area contributed by atoms with Crippen LogP contribution < -0.4 is 10.2 Å². The van der Waals surface area contributed by atoms with Crippen LogP contribution in [0.5, 0.6) is 0 Å². The van der Waals surface area contributed by atoms with Gasteiger partial charge in [0, 0.05) is 25.8 Å². The lowest BCUT2D eigenvalue weighted by Gasteiger charge is -2.28. The van der Waals surface area contributed by atoms with Gasteiger partial charge in [0.05, 0.1) is 37.2 Å². The normalized spacial score (nSPS) is 14.1. The van der Waals surface area contributed by atoms with Crippen LogP contribution in [-0.2, 0) is 17.8 Å². The fraction of sp³-hybridized carbons (Fsp3) is 0.375. The standard InChI is InChI=1S/C24H29N5O2/c1-18(2)23-21(16-27-29(23)17-19-6-4-3-5-7-19)24(30)26-15-20-8-9-25-22(14-20)28-10-12-31-13-11-28/h3-9,14,16,18H,10-13,15,17H2,1-2H3,(H,26,30). The van der Waals surface area contributed by atoms with Crippen LogP contribution in [0.25, 0.3) is 0 Å². The Balaban J connectivity index is 1.45. The van der Waals surface area contributed by atoms with E-state index in [1.54, 1.807) is 12.4 Å². The third-order valence-electron chi connectivity index (χ3n) is 5.44. The summed E-state index contributed by atoms with van der Waals surface area (Å²) in [5.41, 5.74) is 3.76. The number of morpholine rings is 1. The molecule has 4 rings (SSSR count). The number of rotatable bonds is 7. The van der Waals surface area contributed by atoms with E-state index in [1.165, 1.54) is 0 Å². The van der Waals surface area contributed by atoms with Crippen molar-refractivity contribution < 1.29 is 9.53 Å². The van der Waals surface area contributed by atoms with Crippen molar-refractivity contribution >= 4 is 11.7 Å². The van der Waals surface area contributed by atoms with Gasteiger partial charge in [-0.3, -0.25) is 9.48 Å². The molecule has 0 saturated carbocycles. The molecule has 1 N–H and O–H groups in total. The lowest BCUT2D eigenvalue weighted by molar-refractivity contribution is 0.0949. The Morgan fingerprint density at radius 2 is 1.90 bits per heavy atom. The number of hydrogen-bond acceptors (Lipinski definition) is 5. The van der Waals surface area contributed by atoms with Crippen molar-refractivity contribution in [3.63, 3.8) is 0 Å². The molecule has 1 aromatic carbocycles. The molecule has 0 aliphatic carbocycles. The number of anilines is 1. The second kappa shape index (κ2) is 9.75. The molecule has 1 aliphatic rings. The van der Waals surface area contributed by atoms with E-state index in [2.05, 4.69) is 46.3 Å². The predicted octanol–water partition coefficient (Wildman–Crippen LogP) is 3.22. The van der Waals surface area contributed by atoms with Gasteiger partial charge >= 0.3 is 0 Å². The van der Waals surface area contributed by atoms with E-state index in [0.717, 1.165) is 35.7 Å². The molecule has 162 valence electrons. The van der Waals surface area contributed by atoms with Gasteiger partial charge in [-0.05, 0) is 29.2 Å². The molecule has 0 spiro atoms. The summed E-state index contributed by atoms with van der Waals surface area (Å²) in [5, 5.41) is 7.57. The van der Waals surface area contributed by atoms with Gasteiger partial charge in [0.25, 0.3) is 5.91 Å².